The summed E-state index contributed by atoms with van der Waals surface area (Å²) in [6.45, 7) is 8.19. The maximum Gasteiger partial charge on any atom is 0.253 e. The molecule has 1 aliphatic rings. The molecule has 0 bridgehead atoms. The number of H-pyrrole nitrogens is 5. The summed E-state index contributed by atoms with van der Waals surface area (Å²) in [5.74, 6) is -0.973. The van der Waals surface area contributed by atoms with E-state index < -0.39 is 0 Å². The van der Waals surface area contributed by atoms with Gasteiger partial charge in [-0.2, -0.15) is 25.5 Å². The minimum atomic E-state index is -0.299. The molecule has 30 nitrogen and oxygen atoms in total. The van der Waals surface area contributed by atoms with Gasteiger partial charge in [0.15, 0.2) is 28.2 Å². The van der Waals surface area contributed by atoms with Crippen LogP contribution >= 0.6 is 11.3 Å². The zero-order valence-corrected chi connectivity index (χ0v) is 77.6. The summed E-state index contributed by atoms with van der Waals surface area (Å²) in [4.78, 5) is 100. The fourth-order valence-electron chi connectivity index (χ4n) is 16.7. The van der Waals surface area contributed by atoms with E-state index in [-0.39, 0.29) is 60.1 Å². The lowest BCUT2D eigenvalue weighted by atomic mass is 10.0. The second-order valence-corrected chi connectivity index (χ2v) is 35.2. The fraction of sp³-hybridized carbons (Fsp3) is 0.136. The van der Waals surface area contributed by atoms with Crippen molar-refractivity contribution in [3.8, 4) is 56.3 Å². The fourth-order valence-corrected chi connectivity index (χ4v) is 17.4. The molecule has 10 aromatic carbocycles. The van der Waals surface area contributed by atoms with Gasteiger partial charge in [-0.3, -0.25) is 59.2 Å². The number of ether oxygens (including phenoxy) is 1. The van der Waals surface area contributed by atoms with Crippen LogP contribution in [0.15, 0.2) is 316 Å². The van der Waals surface area contributed by atoms with Crippen LogP contribution in [0.5, 0.6) is 0 Å². The minimum Gasteiger partial charge on any atom is -0.394 e. The number of hydrogen-bond acceptors (Lipinski definition) is 20. The van der Waals surface area contributed by atoms with E-state index in [1.54, 1.807) is 54.5 Å². The number of carbonyl (C=O) groups excluding carboxylic acids is 6. The zero-order chi connectivity index (χ0) is 96.7. The molecule has 12 aromatic heterocycles. The highest BCUT2D eigenvalue weighted by molar-refractivity contribution is 7.09. The number of fused-ring (bicyclic) bond motifs is 10. The lowest BCUT2D eigenvalue weighted by Gasteiger charge is -2.19. The van der Waals surface area contributed by atoms with E-state index in [0.29, 0.717) is 88.8 Å². The highest BCUT2D eigenvalue weighted by atomic mass is 32.1. The van der Waals surface area contributed by atoms with Crippen molar-refractivity contribution in [3.05, 3.63) is 354 Å². The number of aliphatic hydroxyl groups is 1. The summed E-state index contributed by atoms with van der Waals surface area (Å²) in [6, 6.07) is 88.6. The third-order valence-electron chi connectivity index (χ3n) is 24.3. The minimum absolute atomic E-state index is 0.104. The van der Waals surface area contributed by atoms with Gasteiger partial charge in [0.1, 0.15) is 0 Å². The van der Waals surface area contributed by atoms with Crippen molar-refractivity contribution in [2.24, 2.45) is 5.92 Å². The van der Waals surface area contributed by atoms with E-state index in [9.17, 15) is 33.9 Å². The number of amides is 6. The predicted molar refractivity (Wildman–Crippen MR) is 551 cm³/mol. The average Bonchev–Trinajstić information content (AvgIpc) is 1.67. The lowest BCUT2D eigenvalue weighted by Crippen LogP contribution is -2.41. The SMILES string of the molecule is CC(=O)NCCNC(=O)c1cnc2n[nH]c(-c3ccc4ccccc4c3)c2c1.CC(C)C(CO)NC(=O)c1cnc2n[nH]c(-c3ccc4ccccc4c3)c2c1.O=C(NCC1CCCO1)c1cnc2n[nH]c(-c3ccc4ccccc4c3)c2c1.O=C(NCc1cccnc1)c1cnc2n[nH]c(-c3ccc4ccccc4c3)c2c1.O=C(NCc1cccs1)c1cnc2n[nH]c(-c3ccc4ccccc4c3)c2c1. The molecule has 1 fully saturated rings. The van der Waals surface area contributed by atoms with Gasteiger partial charge in [0.2, 0.25) is 5.91 Å². The molecule has 0 spiro atoms. The number of aromatic amines is 5. The van der Waals surface area contributed by atoms with Crippen LogP contribution in [0, 0.1) is 5.92 Å². The number of nitrogens with one attached hydrogen (secondary N) is 11. The smallest absolute Gasteiger partial charge is 0.253 e. The first-order chi connectivity index (χ1) is 69.0. The normalized spacial score (nSPS) is 12.4. The van der Waals surface area contributed by atoms with Crippen molar-refractivity contribution in [2.75, 3.05) is 32.8 Å². The van der Waals surface area contributed by atoms with Crippen molar-refractivity contribution in [2.45, 2.75) is 58.8 Å². The van der Waals surface area contributed by atoms with E-state index in [1.807, 2.05) is 141 Å². The Labute approximate surface area is 810 Å². The molecule has 1 saturated heterocycles. The average molecular weight is 1880 g/mol. The Hall–Kier alpha value is -17.8. The number of pyridine rings is 6. The molecule has 23 rings (SSSR count). The van der Waals surface area contributed by atoms with Gasteiger partial charge in [-0.1, -0.05) is 208 Å². The standard InChI is InChI=1S/C23H17N5O.C22H20N4O2.C22H22N4O2.C22H16N4OS.C21H19N5O2/c29-23(26-13-15-4-3-9-24-12-15)19-11-20-21(27-28-22(20)25-14-19)18-8-7-16-5-1-2-6-17(16)10-18;27-22(24-13-18-6-3-9-28-18)17-11-19-20(25-26-21(19)23-12-17)16-8-7-14-4-1-2-5-15(14)10-16;1-13(2)19(12-27)24-22(28)17-10-18-20(25-26-21(18)23-11-17)16-8-7-14-5-3-4-6-15(14)9-16;27-22(24-13-18-6-3-9-28-18)17-11-19-20(25-26-21(19)23-12-17)16-8-7-14-4-1-2-5-15(14)10-16;1-13(27)22-8-9-23-21(28)17-11-18-19(25-26-20(18)24-12-17)16-7-6-14-4-2-3-5-15(14)10-16/h1-12,14H,13H2,(H,26,29)(H,25,27,28);1-2,4-5,7-8,10-12,18H,3,6,9,13H2,(H,24,27)(H,23,25,26);3-11,13,19,27H,12H2,1-2H3,(H,24,28)(H,23,25,26);1-12H,13H2,(H,24,27)(H,23,25,26);2-7,10-12H,8-9H2,1H3,(H,22,27)(H,23,28)(H,24,25,26). The summed E-state index contributed by atoms with van der Waals surface area (Å²) in [5.41, 5.74) is 15.4. The highest BCUT2D eigenvalue weighted by Crippen LogP contribution is 2.36. The summed E-state index contributed by atoms with van der Waals surface area (Å²) < 4.78 is 5.56. The lowest BCUT2D eigenvalue weighted by molar-refractivity contribution is -0.118. The van der Waals surface area contributed by atoms with Crippen molar-refractivity contribution < 1.29 is 38.6 Å². The number of hydrogen-bond donors (Lipinski definition) is 12. The molecular formula is C110H94N22O8S. The van der Waals surface area contributed by atoms with Gasteiger partial charge in [-0.25, -0.2) is 24.9 Å². The summed E-state index contributed by atoms with van der Waals surface area (Å²) in [6.07, 6.45) is 13.3. The third-order valence-corrected chi connectivity index (χ3v) is 25.2. The van der Waals surface area contributed by atoms with Crippen LogP contribution in [-0.2, 0) is 22.6 Å². The van der Waals surface area contributed by atoms with E-state index in [0.717, 1.165) is 151 Å². The van der Waals surface area contributed by atoms with Gasteiger partial charge in [0, 0.05) is 143 Å². The summed E-state index contributed by atoms with van der Waals surface area (Å²) in [7, 11) is 0. The highest BCUT2D eigenvalue weighted by Gasteiger charge is 2.24. The van der Waals surface area contributed by atoms with Crippen LogP contribution < -0.4 is 31.9 Å². The predicted octanol–water partition coefficient (Wildman–Crippen LogP) is 18.7. The molecule has 22 aromatic rings. The van der Waals surface area contributed by atoms with E-state index >= 15 is 0 Å². The van der Waals surface area contributed by atoms with E-state index in [1.165, 1.54) is 35.5 Å². The topological polar surface area (TPSA) is 425 Å². The molecule has 698 valence electrons. The number of carbonyl (C=O) groups is 6. The van der Waals surface area contributed by atoms with Gasteiger partial charge in [0.25, 0.3) is 29.5 Å². The zero-order valence-electron chi connectivity index (χ0n) is 76.8. The summed E-state index contributed by atoms with van der Waals surface area (Å²) >= 11 is 1.62. The van der Waals surface area contributed by atoms with Crippen LogP contribution in [0.25, 0.3) is 165 Å². The quantitative estimate of drug-likeness (QED) is 0.0280. The van der Waals surface area contributed by atoms with E-state index in [4.69, 9.17) is 4.74 Å². The third kappa shape index (κ3) is 21.6. The molecule has 6 amide bonds. The monoisotopic (exact) mass is 1880 g/mol. The molecule has 0 radical (unpaired) electrons. The number of rotatable bonds is 22. The van der Waals surface area contributed by atoms with E-state index in [2.05, 4.69) is 246 Å². The largest absolute Gasteiger partial charge is 0.394 e. The molecule has 31 heteroatoms. The van der Waals surface area contributed by atoms with Crippen LogP contribution in [0.4, 0.5) is 0 Å². The number of aliphatic hydroxyl groups excluding tert-OH is 1. The maximum absolute atomic E-state index is 12.6. The van der Waals surface area contributed by atoms with Gasteiger partial charge in [-0.05, 0) is 156 Å². The van der Waals surface area contributed by atoms with Gasteiger partial charge >= 0.3 is 0 Å². The van der Waals surface area contributed by atoms with Crippen molar-refractivity contribution in [1.82, 2.24) is 113 Å². The van der Waals surface area contributed by atoms with Gasteiger partial charge in [0.05, 0.1) is 81.6 Å². The molecule has 0 saturated carbocycles. The second-order valence-electron chi connectivity index (χ2n) is 34.2. The van der Waals surface area contributed by atoms with Crippen LogP contribution in [0.1, 0.15) is 95.8 Å². The van der Waals surface area contributed by atoms with Crippen molar-refractivity contribution >= 4 is 156 Å². The Bertz CT molecular complexity index is 8360. The number of nitrogens with zero attached hydrogens (tertiary/aromatic N) is 11. The maximum atomic E-state index is 12.6. The molecular weight excluding hydrogens is 1790 g/mol. The van der Waals surface area contributed by atoms with Gasteiger partial charge in [-0.15, -0.1) is 11.3 Å². The first-order valence-electron chi connectivity index (χ1n) is 46.0. The first-order valence-corrected chi connectivity index (χ1v) is 46.9. The van der Waals surface area contributed by atoms with Crippen LogP contribution in [0.3, 0.4) is 0 Å². The van der Waals surface area contributed by atoms with Crippen LogP contribution in [0.2, 0.25) is 0 Å². The summed E-state index contributed by atoms with van der Waals surface area (Å²) in [5, 5.41) is 80.9. The molecule has 13 heterocycles. The first kappa shape index (κ1) is 92.3. The molecule has 1 aliphatic heterocycles. The van der Waals surface area contributed by atoms with Crippen molar-refractivity contribution in [3.63, 3.8) is 0 Å². The number of aromatic nitrogens is 16. The van der Waals surface area contributed by atoms with Gasteiger partial charge < -0.3 is 41.7 Å². The Morgan fingerprint density at radius 2 is 0.716 bits per heavy atom. The molecule has 141 heavy (non-hydrogen) atoms. The molecule has 2 atom stereocenters. The Morgan fingerprint density at radius 1 is 0.376 bits per heavy atom. The Kier molecular flexibility index (Phi) is 27.9. The molecule has 2 unspecified atom stereocenters. The molecule has 12 N–H and O–H groups in total. The van der Waals surface area contributed by atoms with Crippen molar-refractivity contribution in [1.29, 1.82) is 0 Å². The number of thiophene rings is 1. The Morgan fingerprint density at radius 3 is 1.04 bits per heavy atom. The second kappa shape index (κ2) is 42.6. The Balaban J connectivity index is 0.000000112. The number of benzene rings is 10. The molecule has 0 aliphatic carbocycles. The van der Waals surface area contributed by atoms with Crippen LogP contribution in [-0.4, -0.2) is 166 Å².